The monoisotopic (exact) mass is 458 g/mol. The van der Waals surface area contributed by atoms with Crippen LogP contribution in [0.3, 0.4) is 0 Å². The second kappa shape index (κ2) is 8.84. The van der Waals surface area contributed by atoms with Crippen LogP contribution in [0.2, 0.25) is 0 Å². The largest absolute Gasteiger partial charge is 0.269 e. The van der Waals surface area contributed by atoms with E-state index in [2.05, 4.69) is 31.1 Å². The molecule has 2 aromatic carbocycles. The van der Waals surface area contributed by atoms with Crippen LogP contribution in [-0.4, -0.2) is 55.3 Å². The number of nitrogens with zero attached hydrogens (tertiary/aromatic N) is 10. The second-order valence-electron chi connectivity index (χ2n) is 5.70. The van der Waals surface area contributed by atoms with Crippen LogP contribution in [0.4, 0.5) is 11.4 Å². The molecule has 0 aliphatic rings. The quantitative estimate of drug-likeness (QED) is 0.163. The molecule has 31 heavy (non-hydrogen) atoms. The lowest BCUT2D eigenvalue weighted by Gasteiger charge is -2.05. The van der Waals surface area contributed by atoms with E-state index >= 15 is 0 Å². The van der Waals surface area contributed by atoms with Gasteiger partial charge in [0.1, 0.15) is 0 Å². The molecule has 0 aliphatic heterocycles. The fourth-order valence-electron chi connectivity index (χ4n) is 2.43. The van der Waals surface area contributed by atoms with Gasteiger partial charge in [0.05, 0.1) is 26.3 Å². The van der Waals surface area contributed by atoms with Crippen LogP contribution in [0.25, 0.3) is 11.4 Å². The van der Waals surface area contributed by atoms with E-state index in [0.717, 1.165) is 0 Å². The lowest BCUT2D eigenvalue weighted by molar-refractivity contribution is -0.385. The van der Waals surface area contributed by atoms with Crippen LogP contribution in [0.1, 0.15) is 0 Å². The molecular weight excluding hydrogens is 448 g/mol. The number of hydrogen-bond donors (Lipinski definition) is 0. The Morgan fingerprint density at radius 2 is 1.10 bits per heavy atom. The highest BCUT2D eigenvalue weighted by atomic mass is 32.2. The minimum Gasteiger partial charge on any atom is -0.258 e. The minimum absolute atomic E-state index is 0.0281. The SMILES string of the molecule is O=[N+]([O-])c1ccc(-n2nnnc2SCSc2nnnn2-c2ccc([N+](=O)[O-])cc2)cc1. The van der Waals surface area contributed by atoms with E-state index in [1.54, 1.807) is 24.3 Å². The number of nitro groups is 2. The number of non-ortho nitro benzene ring substituents is 2. The fourth-order valence-corrected chi connectivity index (χ4v) is 4.22. The first-order valence-corrected chi connectivity index (χ1v) is 10.3. The van der Waals surface area contributed by atoms with Crippen LogP contribution in [0.15, 0.2) is 58.8 Å². The predicted octanol–water partition coefficient (Wildman–Crippen LogP) is 2.30. The Kier molecular flexibility index (Phi) is 5.80. The second-order valence-corrected chi connectivity index (χ2v) is 7.95. The van der Waals surface area contributed by atoms with Gasteiger partial charge in [-0.25, -0.2) is 0 Å². The average Bonchev–Trinajstić information content (AvgIpc) is 3.43. The Morgan fingerprint density at radius 3 is 1.45 bits per heavy atom. The average molecular weight is 458 g/mol. The van der Waals surface area contributed by atoms with Gasteiger partial charge in [0.15, 0.2) is 0 Å². The van der Waals surface area contributed by atoms with E-state index in [0.29, 0.717) is 26.8 Å². The molecule has 0 N–H and O–H groups in total. The zero-order chi connectivity index (χ0) is 21.8. The molecule has 2 heterocycles. The summed E-state index contributed by atoms with van der Waals surface area (Å²) >= 11 is 2.65. The van der Waals surface area contributed by atoms with Crippen LogP contribution >= 0.6 is 23.5 Å². The highest BCUT2D eigenvalue weighted by Crippen LogP contribution is 2.28. The number of rotatable bonds is 8. The number of benzene rings is 2. The number of thioether (sulfide) groups is 2. The summed E-state index contributed by atoms with van der Waals surface area (Å²) in [5.74, 6) is 0. The molecule has 0 atom stereocenters. The standard InChI is InChI=1S/C15H10N10O4S2/c26-24(27)12-5-1-10(2-6-12)22-14(16-18-20-22)30-9-31-15-17-19-21-23(15)11-3-7-13(8-4-11)25(28)29/h1-8H,9H2. The Morgan fingerprint density at radius 1 is 0.710 bits per heavy atom. The lowest BCUT2D eigenvalue weighted by atomic mass is 10.3. The number of hydrogen-bond acceptors (Lipinski definition) is 12. The van der Waals surface area contributed by atoms with Crippen molar-refractivity contribution in [3.05, 3.63) is 68.8 Å². The van der Waals surface area contributed by atoms with Gasteiger partial charge in [-0.1, -0.05) is 23.5 Å². The smallest absolute Gasteiger partial charge is 0.258 e. The van der Waals surface area contributed by atoms with Gasteiger partial charge in [0, 0.05) is 24.3 Å². The van der Waals surface area contributed by atoms with Gasteiger partial charge in [0.2, 0.25) is 10.3 Å². The van der Waals surface area contributed by atoms with Crippen molar-refractivity contribution in [1.82, 2.24) is 40.4 Å². The van der Waals surface area contributed by atoms with Gasteiger partial charge in [-0.05, 0) is 45.1 Å². The molecule has 0 bridgehead atoms. The number of nitro benzene ring substituents is 2. The number of aromatic nitrogens is 8. The Bertz CT molecular complexity index is 1130. The van der Waals surface area contributed by atoms with Crippen LogP contribution in [-0.2, 0) is 0 Å². The van der Waals surface area contributed by atoms with Crippen LogP contribution in [0, 0.1) is 20.2 Å². The first-order chi connectivity index (χ1) is 15.0. The minimum atomic E-state index is -0.481. The molecule has 4 aromatic rings. The van der Waals surface area contributed by atoms with Crippen molar-refractivity contribution in [3.63, 3.8) is 0 Å². The first kappa shape index (κ1) is 20.4. The molecule has 0 radical (unpaired) electrons. The van der Waals surface area contributed by atoms with Crippen molar-refractivity contribution in [2.24, 2.45) is 0 Å². The van der Waals surface area contributed by atoms with Gasteiger partial charge >= 0.3 is 0 Å². The molecule has 156 valence electrons. The van der Waals surface area contributed by atoms with Crippen molar-refractivity contribution in [2.45, 2.75) is 10.3 Å². The fraction of sp³-hybridized carbons (Fsp3) is 0.0667. The van der Waals surface area contributed by atoms with Crippen molar-refractivity contribution < 1.29 is 9.85 Å². The normalized spacial score (nSPS) is 10.8. The zero-order valence-electron chi connectivity index (χ0n) is 15.2. The maximum Gasteiger partial charge on any atom is 0.269 e. The molecule has 0 aliphatic carbocycles. The Hall–Kier alpha value is -3.92. The van der Waals surface area contributed by atoms with Gasteiger partial charge in [0.25, 0.3) is 11.4 Å². The molecule has 16 heteroatoms. The van der Waals surface area contributed by atoms with Crippen molar-refractivity contribution >= 4 is 34.9 Å². The summed E-state index contributed by atoms with van der Waals surface area (Å²) in [5, 5.41) is 46.1. The highest BCUT2D eigenvalue weighted by molar-refractivity contribution is 8.15. The van der Waals surface area contributed by atoms with E-state index in [1.165, 1.54) is 57.2 Å². The summed E-state index contributed by atoms with van der Waals surface area (Å²) in [6.45, 7) is 0. The summed E-state index contributed by atoms with van der Waals surface area (Å²) in [6, 6.07) is 11.7. The number of tetrazole rings is 2. The van der Waals surface area contributed by atoms with Gasteiger partial charge in [-0.3, -0.25) is 20.2 Å². The summed E-state index contributed by atoms with van der Waals surface area (Å²) in [6.07, 6.45) is 0. The van der Waals surface area contributed by atoms with Crippen molar-refractivity contribution in [3.8, 4) is 11.4 Å². The van der Waals surface area contributed by atoms with E-state index < -0.39 is 9.85 Å². The maximum absolute atomic E-state index is 10.8. The van der Waals surface area contributed by atoms with Crippen LogP contribution in [0.5, 0.6) is 0 Å². The molecule has 0 amide bonds. The van der Waals surface area contributed by atoms with Crippen molar-refractivity contribution in [1.29, 1.82) is 0 Å². The Balaban J connectivity index is 1.43. The lowest BCUT2D eigenvalue weighted by Crippen LogP contribution is -2.00. The first-order valence-electron chi connectivity index (χ1n) is 8.35. The maximum atomic E-state index is 10.8. The predicted molar refractivity (Wildman–Crippen MR) is 108 cm³/mol. The molecule has 0 saturated heterocycles. The van der Waals surface area contributed by atoms with E-state index in [1.807, 2.05) is 0 Å². The molecule has 14 nitrogen and oxygen atoms in total. The molecular formula is C15H10N10O4S2. The molecule has 0 unspecified atom stereocenters. The van der Waals surface area contributed by atoms with Gasteiger partial charge < -0.3 is 0 Å². The highest BCUT2D eigenvalue weighted by Gasteiger charge is 2.14. The molecule has 0 saturated carbocycles. The topological polar surface area (TPSA) is 173 Å². The molecule has 4 rings (SSSR count). The van der Waals surface area contributed by atoms with Gasteiger partial charge in [-0.2, -0.15) is 9.36 Å². The zero-order valence-corrected chi connectivity index (χ0v) is 16.9. The summed E-state index contributed by atoms with van der Waals surface area (Å²) in [7, 11) is 0. The van der Waals surface area contributed by atoms with Crippen molar-refractivity contribution in [2.75, 3.05) is 5.08 Å². The molecule has 0 spiro atoms. The van der Waals surface area contributed by atoms with E-state index in [9.17, 15) is 20.2 Å². The third-order valence-electron chi connectivity index (χ3n) is 3.87. The van der Waals surface area contributed by atoms with E-state index in [4.69, 9.17) is 0 Å². The molecule has 2 aromatic heterocycles. The summed E-state index contributed by atoms with van der Waals surface area (Å²) in [5.41, 5.74) is 1.11. The Labute approximate surface area is 180 Å². The van der Waals surface area contributed by atoms with Crippen LogP contribution < -0.4 is 0 Å². The molecule has 0 fully saturated rings. The third kappa shape index (κ3) is 4.48. The summed E-state index contributed by atoms with van der Waals surface area (Å²) < 4.78 is 2.93. The summed E-state index contributed by atoms with van der Waals surface area (Å²) in [4.78, 5) is 20.6. The van der Waals surface area contributed by atoms with E-state index in [-0.39, 0.29) is 11.4 Å². The third-order valence-corrected chi connectivity index (χ3v) is 5.84. The van der Waals surface area contributed by atoms with Gasteiger partial charge in [-0.15, -0.1) is 10.2 Å².